The summed E-state index contributed by atoms with van der Waals surface area (Å²) in [7, 11) is 0.332. The Kier molecular flexibility index (Phi) is 8.30. The van der Waals surface area contributed by atoms with Gasteiger partial charge in [-0.15, -0.1) is 0 Å². The number of hydrogen-bond donors (Lipinski definition) is 2. The fourth-order valence-electron chi connectivity index (χ4n) is 0.849. The van der Waals surface area contributed by atoms with Crippen molar-refractivity contribution in [3.8, 4) is 0 Å². The Balaban J connectivity index is 3.38. The summed E-state index contributed by atoms with van der Waals surface area (Å²) in [5.74, 6) is -0.0750. The van der Waals surface area contributed by atoms with E-state index in [9.17, 15) is 4.79 Å². The zero-order valence-electron chi connectivity index (χ0n) is 8.30. The minimum Gasteiger partial charge on any atom is -0.361 e. The molecule has 0 radical (unpaired) electrons. The molecule has 0 aromatic heterocycles. The van der Waals surface area contributed by atoms with E-state index in [1.807, 2.05) is 13.8 Å². The first-order chi connectivity index (χ1) is 6.22. The van der Waals surface area contributed by atoms with E-state index >= 15 is 0 Å². The Morgan fingerprint density at radius 1 is 1.62 bits per heavy atom. The van der Waals surface area contributed by atoms with Gasteiger partial charge in [-0.2, -0.15) is 0 Å². The number of nitrogens with two attached hydrogens (primary N) is 1. The molecule has 0 heterocycles. The number of carbonyl (C=O) groups excluding carboxylic acids is 1. The van der Waals surface area contributed by atoms with Gasteiger partial charge in [-0.05, 0) is 13.3 Å². The Morgan fingerprint density at radius 3 is 2.85 bits per heavy atom. The summed E-state index contributed by atoms with van der Waals surface area (Å²) in [6.07, 6.45) is 2.25. The molecule has 0 aliphatic heterocycles. The molecule has 2 unspecified atom stereocenters. The minimum atomic E-state index is -0.364. The highest BCUT2D eigenvalue weighted by Gasteiger charge is 2.10. The summed E-state index contributed by atoms with van der Waals surface area (Å²) in [5.41, 5.74) is 5.59. The fraction of sp³-hybridized carbons (Fsp3) is 0.875. The molecule has 13 heavy (non-hydrogen) atoms. The van der Waals surface area contributed by atoms with Gasteiger partial charge < -0.3 is 15.6 Å². The quantitative estimate of drug-likeness (QED) is 0.478. The second-order valence-corrected chi connectivity index (χ2v) is 3.62. The van der Waals surface area contributed by atoms with Crippen molar-refractivity contribution in [2.45, 2.75) is 32.7 Å². The Hall–Kier alpha value is -0.180. The van der Waals surface area contributed by atoms with E-state index in [0.29, 0.717) is 21.7 Å². The minimum absolute atomic E-state index is 0.0750. The van der Waals surface area contributed by atoms with Crippen LogP contribution in [-0.2, 0) is 9.32 Å². The van der Waals surface area contributed by atoms with Gasteiger partial charge in [-0.3, -0.25) is 4.79 Å². The lowest BCUT2D eigenvalue weighted by Gasteiger charge is -2.10. The molecule has 78 valence electrons. The van der Waals surface area contributed by atoms with E-state index < -0.39 is 0 Å². The highest BCUT2D eigenvalue weighted by Crippen LogP contribution is 2.07. The van der Waals surface area contributed by atoms with Crippen LogP contribution in [0.4, 0.5) is 0 Å². The van der Waals surface area contributed by atoms with Crippen LogP contribution in [0.3, 0.4) is 0 Å². The first kappa shape index (κ1) is 12.8. The molecule has 1 amide bonds. The smallest absolute Gasteiger partial charge is 0.237 e. The highest BCUT2D eigenvalue weighted by atomic mass is 31.1. The van der Waals surface area contributed by atoms with Crippen LogP contribution in [0.1, 0.15) is 26.7 Å². The van der Waals surface area contributed by atoms with Crippen LogP contribution in [0.25, 0.3) is 0 Å². The molecule has 0 rings (SSSR count). The van der Waals surface area contributed by atoms with Crippen molar-refractivity contribution in [2.75, 3.05) is 12.9 Å². The van der Waals surface area contributed by atoms with Crippen molar-refractivity contribution >= 4 is 14.7 Å². The summed E-state index contributed by atoms with van der Waals surface area (Å²) in [6.45, 7) is 4.63. The number of rotatable bonds is 7. The summed E-state index contributed by atoms with van der Waals surface area (Å²) < 4.78 is 5.10. The SMILES string of the molecule is CCCC(N)C(=O)NCPOCC. The molecule has 0 aliphatic rings. The molecule has 5 heteroatoms. The lowest BCUT2D eigenvalue weighted by molar-refractivity contribution is -0.122. The van der Waals surface area contributed by atoms with Gasteiger partial charge in [0.05, 0.1) is 12.3 Å². The maximum Gasteiger partial charge on any atom is 0.237 e. The first-order valence-electron chi connectivity index (χ1n) is 4.60. The van der Waals surface area contributed by atoms with Crippen molar-refractivity contribution < 1.29 is 9.32 Å². The van der Waals surface area contributed by atoms with E-state index in [-0.39, 0.29) is 11.9 Å². The molecule has 0 saturated heterocycles. The third-order valence-corrected chi connectivity index (χ3v) is 2.33. The predicted octanol–water partition coefficient (Wildman–Crippen LogP) is 0.818. The second-order valence-electron chi connectivity index (χ2n) is 2.69. The zero-order valence-corrected chi connectivity index (χ0v) is 9.30. The fourth-order valence-corrected chi connectivity index (χ4v) is 1.40. The third-order valence-electron chi connectivity index (χ3n) is 1.52. The summed E-state index contributed by atoms with van der Waals surface area (Å²) in [4.78, 5) is 11.2. The largest absolute Gasteiger partial charge is 0.361 e. The Bertz CT molecular complexity index is 144. The van der Waals surface area contributed by atoms with Crippen LogP contribution in [0.5, 0.6) is 0 Å². The van der Waals surface area contributed by atoms with Crippen LogP contribution in [0.2, 0.25) is 0 Å². The van der Waals surface area contributed by atoms with Gasteiger partial charge in [0.2, 0.25) is 5.91 Å². The molecule has 0 bridgehead atoms. The Labute approximate surface area is 81.5 Å². The van der Waals surface area contributed by atoms with Crippen LogP contribution in [0.15, 0.2) is 0 Å². The monoisotopic (exact) mass is 206 g/mol. The number of nitrogens with one attached hydrogen (secondary N) is 1. The van der Waals surface area contributed by atoms with Gasteiger partial charge in [-0.25, -0.2) is 0 Å². The van der Waals surface area contributed by atoms with Gasteiger partial charge in [-0.1, -0.05) is 13.3 Å². The first-order valence-corrected chi connectivity index (χ1v) is 5.71. The Morgan fingerprint density at radius 2 is 2.31 bits per heavy atom. The van der Waals surface area contributed by atoms with E-state index in [4.69, 9.17) is 10.3 Å². The van der Waals surface area contributed by atoms with Crippen molar-refractivity contribution in [1.29, 1.82) is 0 Å². The van der Waals surface area contributed by atoms with E-state index in [0.717, 1.165) is 12.8 Å². The molecule has 0 aromatic carbocycles. The summed E-state index contributed by atoms with van der Waals surface area (Å²) in [5, 5.41) is 2.73. The average Bonchev–Trinajstić information content (AvgIpc) is 2.12. The lowest BCUT2D eigenvalue weighted by Crippen LogP contribution is -2.40. The van der Waals surface area contributed by atoms with Gasteiger partial charge in [0.25, 0.3) is 0 Å². The maximum atomic E-state index is 11.2. The molecular weight excluding hydrogens is 187 g/mol. The average molecular weight is 206 g/mol. The molecule has 0 fully saturated rings. The van der Waals surface area contributed by atoms with Crippen molar-refractivity contribution in [2.24, 2.45) is 5.73 Å². The van der Waals surface area contributed by atoms with Crippen LogP contribution >= 0.6 is 8.81 Å². The van der Waals surface area contributed by atoms with Gasteiger partial charge in [0.15, 0.2) is 0 Å². The summed E-state index contributed by atoms with van der Waals surface area (Å²) in [6, 6.07) is -0.364. The van der Waals surface area contributed by atoms with Gasteiger partial charge in [0, 0.05) is 15.4 Å². The zero-order chi connectivity index (χ0) is 10.1. The molecule has 0 aliphatic carbocycles. The van der Waals surface area contributed by atoms with Crippen molar-refractivity contribution in [3.63, 3.8) is 0 Å². The topological polar surface area (TPSA) is 64.4 Å². The lowest BCUT2D eigenvalue weighted by atomic mass is 10.2. The van der Waals surface area contributed by atoms with Crippen molar-refractivity contribution in [3.05, 3.63) is 0 Å². The maximum absolute atomic E-state index is 11.2. The number of carbonyl (C=O) groups is 1. The van der Waals surface area contributed by atoms with E-state index in [2.05, 4.69) is 5.32 Å². The van der Waals surface area contributed by atoms with Crippen LogP contribution in [0, 0.1) is 0 Å². The standard InChI is InChI=1S/C8H19N2O2P/c1-3-5-7(9)8(11)10-6-13-12-4-2/h7,13H,3-6,9H2,1-2H3,(H,10,11). The second kappa shape index (κ2) is 8.42. The molecular formula is C8H19N2O2P. The molecule has 0 spiro atoms. The predicted molar refractivity (Wildman–Crippen MR) is 55.8 cm³/mol. The van der Waals surface area contributed by atoms with Crippen LogP contribution < -0.4 is 11.1 Å². The number of hydrogen-bond acceptors (Lipinski definition) is 3. The molecule has 0 saturated carbocycles. The van der Waals surface area contributed by atoms with Gasteiger partial charge in [0.1, 0.15) is 0 Å². The molecule has 4 nitrogen and oxygen atoms in total. The molecule has 3 N–H and O–H groups in total. The van der Waals surface area contributed by atoms with Crippen molar-refractivity contribution in [1.82, 2.24) is 5.32 Å². The number of amides is 1. The summed E-state index contributed by atoms with van der Waals surface area (Å²) >= 11 is 0. The normalized spacial score (nSPS) is 13.5. The highest BCUT2D eigenvalue weighted by molar-refractivity contribution is 7.32. The van der Waals surface area contributed by atoms with Gasteiger partial charge >= 0.3 is 0 Å². The molecule has 2 atom stereocenters. The van der Waals surface area contributed by atoms with E-state index in [1.54, 1.807) is 0 Å². The van der Waals surface area contributed by atoms with E-state index in [1.165, 1.54) is 0 Å². The van der Waals surface area contributed by atoms with Crippen LogP contribution in [-0.4, -0.2) is 24.8 Å². The third kappa shape index (κ3) is 6.94. The molecule has 0 aromatic rings.